The standard InChI is InChI=1S/C14H17ClN4O/c1-3-6-19-8-11(7-16-19)20-14-9(2)12(15)17-13(18-14)10-4-5-10/h7-8,10H,3-6H2,1-2H3. The molecule has 5 nitrogen and oxygen atoms in total. The van der Waals surface area contributed by atoms with Crippen LogP contribution in [0.1, 0.15) is 43.5 Å². The van der Waals surface area contributed by atoms with Crippen molar-refractivity contribution in [2.24, 2.45) is 0 Å². The zero-order valence-electron chi connectivity index (χ0n) is 11.6. The molecular weight excluding hydrogens is 276 g/mol. The lowest BCUT2D eigenvalue weighted by Gasteiger charge is -2.08. The highest BCUT2D eigenvalue weighted by Gasteiger charge is 2.28. The molecule has 0 atom stereocenters. The summed E-state index contributed by atoms with van der Waals surface area (Å²) in [5.74, 6) is 2.44. The molecule has 0 aliphatic heterocycles. The van der Waals surface area contributed by atoms with E-state index in [-0.39, 0.29) is 0 Å². The average molecular weight is 293 g/mol. The molecule has 0 radical (unpaired) electrons. The van der Waals surface area contributed by atoms with Crippen LogP contribution < -0.4 is 4.74 Å². The van der Waals surface area contributed by atoms with Crippen LogP contribution in [0.25, 0.3) is 0 Å². The molecule has 20 heavy (non-hydrogen) atoms. The van der Waals surface area contributed by atoms with E-state index in [1.807, 2.05) is 17.8 Å². The fraction of sp³-hybridized carbons (Fsp3) is 0.500. The van der Waals surface area contributed by atoms with Crippen LogP contribution in [0.3, 0.4) is 0 Å². The van der Waals surface area contributed by atoms with E-state index >= 15 is 0 Å². The van der Waals surface area contributed by atoms with Crippen molar-refractivity contribution in [3.05, 3.63) is 28.9 Å². The van der Waals surface area contributed by atoms with Crippen molar-refractivity contribution in [1.29, 1.82) is 0 Å². The Morgan fingerprint density at radius 2 is 2.20 bits per heavy atom. The van der Waals surface area contributed by atoms with Crippen molar-refractivity contribution < 1.29 is 4.74 Å². The van der Waals surface area contributed by atoms with Crippen molar-refractivity contribution >= 4 is 11.6 Å². The SMILES string of the molecule is CCCn1cc(Oc2nc(C3CC3)nc(Cl)c2C)cn1. The number of ether oxygens (including phenoxy) is 1. The van der Waals surface area contributed by atoms with Crippen LogP contribution in [-0.4, -0.2) is 19.7 Å². The Bertz CT molecular complexity index is 622. The summed E-state index contributed by atoms with van der Waals surface area (Å²) >= 11 is 6.16. The smallest absolute Gasteiger partial charge is 0.227 e. The predicted molar refractivity (Wildman–Crippen MR) is 76.3 cm³/mol. The Balaban J connectivity index is 1.84. The normalized spacial score (nSPS) is 14.6. The predicted octanol–water partition coefficient (Wildman–Crippen LogP) is 3.71. The molecule has 106 valence electrons. The summed E-state index contributed by atoms with van der Waals surface area (Å²) in [5, 5.41) is 4.71. The molecule has 2 aromatic heterocycles. The van der Waals surface area contributed by atoms with Gasteiger partial charge in [0.05, 0.1) is 12.4 Å². The Labute approximate surface area is 123 Å². The summed E-state index contributed by atoms with van der Waals surface area (Å²) in [6.07, 6.45) is 6.86. The van der Waals surface area contributed by atoms with Gasteiger partial charge >= 0.3 is 0 Å². The molecule has 0 amide bonds. The molecule has 0 spiro atoms. The summed E-state index contributed by atoms with van der Waals surface area (Å²) in [6, 6.07) is 0. The van der Waals surface area contributed by atoms with Gasteiger partial charge in [0.2, 0.25) is 5.88 Å². The minimum Gasteiger partial charge on any atom is -0.435 e. The Morgan fingerprint density at radius 1 is 1.40 bits per heavy atom. The van der Waals surface area contributed by atoms with E-state index in [9.17, 15) is 0 Å². The Hall–Kier alpha value is -1.62. The van der Waals surface area contributed by atoms with Crippen molar-refractivity contribution in [3.63, 3.8) is 0 Å². The van der Waals surface area contributed by atoms with Crippen molar-refractivity contribution in [3.8, 4) is 11.6 Å². The fourth-order valence-corrected chi connectivity index (χ4v) is 2.14. The van der Waals surface area contributed by atoms with Gasteiger partial charge in [0.25, 0.3) is 0 Å². The molecule has 1 fully saturated rings. The summed E-state index contributed by atoms with van der Waals surface area (Å²) in [4.78, 5) is 8.82. The summed E-state index contributed by atoms with van der Waals surface area (Å²) in [7, 11) is 0. The summed E-state index contributed by atoms with van der Waals surface area (Å²) in [6.45, 7) is 4.85. The van der Waals surface area contributed by atoms with Crippen LogP contribution in [0.4, 0.5) is 0 Å². The van der Waals surface area contributed by atoms with Gasteiger partial charge in [-0.1, -0.05) is 18.5 Å². The Kier molecular flexibility index (Phi) is 3.61. The number of rotatable bonds is 5. The third kappa shape index (κ3) is 2.77. The second kappa shape index (κ2) is 5.40. The minimum atomic E-state index is 0.443. The average Bonchev–Trinajstić information content (AvgIpc) is 3.18. The number of nitrogens with zero attached hydrogens (tertiary/aromatic N) is 4. The van der Waals surface area contributed by atoms with Crippen LogP contribution in [-0.2, 0) is 6.54 Å². The van der Waals surface area contributed by atoms with Crippen LogP contribution >= 0.6 is 11.6 Å². The zero-order chi connectivity index (χ0) is 14.1. The lowest BCUT2D eigenvalue weighted by Crippen LogP contribution is -2.00. The van der Waals surface area contributed by atoms with Crippen LogP contribution in [0.15, 0.2) is 12.4 Å². The molecule has 2 aromatic rings. The van der Waals surface area contributed by atoms with Gasteiger partial charge in [0.15, 0.2) is 5.75 Å². The largest absolute Gasteiger partial charge is 0.435 e. The van der Waals surface area contributed by atoms with Gasteiger partial charge in [-0.05, 0) is 26.2 Å². The minimum absolute atomic E-state index is 0.443. The molecule has 1 aliphatic carbocycles. The second-order valence-electron chi connectivity index (χ2n) is 5.12. The molecular formula is C14H17ClN4O. The van der Waals surface area contributed by atoms with Crippen LogP contribution in [0.2, 0.25) is 5.15 Å². The summed E-state index contributed by atoms with van der Waals surface area (Å²) < 4.78 is 7.67. The number of aromatic nitrogens is 4. The van der Waals surface area contributed by atoms with Crippen molar-refractivity contribution in [2.45, 2.75) is 45.6 Å². The van der Waals surface area contributed by atoms with Crippen molar-refractivity contribution in [1.82, 2.24) is 19.7 Å². The second-order valence-corrected chi connectivity index (χ2v) is 5.48. The molecule has 0 saturated heterocycles. The van der Waals surface area contributed by atoms with Gasteiger partial charge in [-0.25, -0.2) is 4.98 Å². The van der Waals surface area contributed by atoms with E-state index in [1.54, 1.807) is 6.20 Å². The topological polar surface area (TPSA) is 52.8 Å². The van der Waals surface area contributed by atoms with E-state index in [4.69, 9.17) is 16.3 Å². The van der Waals surface area contributed by atoms with Gasteiger partial charge in [0, 0.05) is 18.0 Å². The molecule has 1 aliphatic rings. The highest BCUT2D eigenvalue weighted by molar-refractivity contribution is 6.30. The van der Waals surface area contributed by atoms with Crippen LogP contribution in [0.5, 0.6) is 11.6 Å². The van der Waals surface area contributed by atoms with E-state index < -0.39 is 0 Å². The first kappa shape index (κ1) is 13.4. The molecule has 0 bridgehead atoms. The van der Waals surface area contributed by atoms with E-state index in [0.29, 0.717) is 22.7 Å². The highest BCUT2D eigenvalue weighted by Crippen LogP contribution is 2.40. The quantitative estimate of drug-likeness (QED) is 0.788. The molecule has 6 heteroatoms. The Morgan fingerprint density at radius 3 is 2.90 bits per heavy atom. The first-order chi connectivity index (χ1) is 9.67. The highest BCUT2D eigenvalue weighted by atomic mass is 35.5. The van der Waals surface area contributed by atoms with Gasteiger partial charge in [0.1, 0.15) is 11.0 Å². The third-order valence-corrected chi connectivity index (χ3v) is 3.65. The van der Waals surface area contributed by atoms with E-state index in [1.165, 1.54) is 0 Å². The molecule has 1 saturated carbocycles. The molecule has 3 rings (SSSR count). The molecule has 0 N–H and O–H groups in total. The van der Waals surface area contributed by atoms with E-state index in [2.05, 4.69) is 22.0 Å². The van der Waals surface area contributed by atoms with Gasteiger partial charge < -0.3 is 4.74 Å². The lowest BCUT2D eigenvalue weighted by molar-refractivity contribution is 0.453. The molecule has 0 unspecified atom stereocenters. The third-order valence-electron chi connectivity index (χ3n) is 3.28. The molecule has 0 aromatic carbocycles. The van der Waals surface area contributed by atoms with Crippen LogP contribution in [0, 0.1) is 6.92 Å². The fourth-order valence-electron chi connectivity index (χ4n) is 1.97. The molecule has 2 heterocycles. The maximum Gasteiger partial charge on any atom is 0.227 e. The van der Waals surface area contributed by atoms with E-state index in [0.717, 1.165) is 37.2 Å². The number of hydrogen-bond donors (Lipinski definition) is 0. The van der Waals surface area contributed by atoms with Crippen molar-refractivity contribution in [2.75, 3.05) is 0 Å². The first-order valence-corrected chi connectivity index (χ1v) is 7.29. The maximum absolute atomic E-state index is 6.16. The summed E-state index contributed by atoms with van der Waals surface area (Å²) in [5.41, 5.74) is 0.763. The van der Waals surface area contributed by atoms with Gasteiger partial charge in [-0.2, -0.15) is 10.1 Å². The monoisotopic (exact) mass is 292 g/mol. The van der Waals surface area contributed by atoms with Gasteiger partial charge in [-0.3, -0.25) is 4.68 Å². The zero-order valence-corrected chi connectivity index (χ0v) is 12.4. The number of hydrogen-bond acceptors (Lipinski definition) is 4. The van der Waals surface area contributed by atoms with Gasteiger partial charge in [-0.15, -0.1) is 0 Å². The number of aryl methyl sites for hydroxylation is 1. The first-order valence-electron chi connectivity index (χ1n) is 6.91. The lowest BCUT2D eigenvalue weighted by atomic mass is 10.3. The number of halogens is 1. The maximum atomic E-state index is 6.16.